The van der Waals surface area contributed by atoms with Crippen LogP contribution in [0, 0.1) is 0 Å². The van der Waals surface area contributed by atoms with Crippen LogP contribution in [0.4, 0.5) is 9.93 Å². The van der Waals surface area contributed by atoms with E-state index in [1.807, 2.05) is 17.8 Å². The fraction of sp³-hybridized carbons (Fsp3) is 0.611. The van der Waals surface area contributed by atoms with Crippen molar-refractivity contribution in [3.8, 4) is 0 Å². The molecule has 0 saturated carbocycles. The molecule has 2 amide bonds. The molecular formula is C18H26N6O2S. The molecule has 0 radical (unpaired) electrons. The van der Waals surface area contributed by atoms with E-state index in [0.29, 0.717) is 13.2 Å². The van der Waals surface area contributed by atoms with Crippen LogP contribution in [0.15, 0.2) is 17.8 Å². The number of imidazole rings is 1. The number of amides is 2. The van der Waals surface area contributed by atoms with Crippen molar-refractivity contribution in [2.24, 2.45) is 7.05 Å². The number of nitrogens with one attached hydrogen (secondary N) is 2. The first-order chi connectivity index (χ1) is 13.2. The lowest BCUT2D eigenvalue weighted by molar-refractivity contribution is 0.0908. The van der Waals surface area contributed by atoms with Gasteiger partial charge in [0.05, 0.1) is 11.7 Å². The number of carbonyl (C=O) groups is 1. The van der Waals surface area contributed by atoms with Gasteiger partial charge in [0.25, 0.3) is 0 Å². The molecule has 4 heterocycles. The van der Waals surface area contributed by atoms with Crippen LogP contribution in [0.25, 0.3) is 0 Å². The van der Waals surface area contributed by atoms with E-state index in [0.717, 1.165) is 42.6 Å². The van der Waals surface area contributed by atoms with Gasteiger partial charge < -0.3 is 24.8 Å². The van der Waals surface area contributed by atoms with Gasteiger partial charge in [-0.15, -0.1) is 11.3 Å². The van der Waals surface area contributed by atoms with Gasteiger partial charge in [0, 0.05) is 57.5 Å². The summed E-state index contributed by atoms with van der Waals surface area (Å²) in [6, 6.07) is -0.230. The molecule has 2 saturated heterocycles. The van der Waals surface area contributed by atoms with E-state index in [1.54, 1.807) is 17.5 Å². The molecule has 2 aromatic rings. The molecule has 0 bridgehead atoms. The Kier molecular flexibility index (Phi) is 5.58. The maximum Gasteiger partial charge on any atom is 0.315 e. The maximum atomic E-state index is 12.3. The fourth-order valence-electron chi connectivity index (χ4n) is 3.63. The van der Waals surface area contributed by atoms with Crippen molar-refractivity contribution >= 4 is 22.5 Å². The summed E-state index contributed by atoms with van der Waals surface area (Å²) in [4.78, 5) is 23.6. The number of carbonyl (C=O) groups excluding carboxylic acids is 1. The molecule has 4 rings (SSSR count). The van der Waals surface area contributed by atoms with Gasteiger partial charge in [-0.2, -0.15) is 0 Å². The molecule has 2 aliphatic heterocycles. The van der Waals surface area contributed by atoms with Gasteiger partial charge in [-0.25, -0.2) is 14.8 Å². The van der Waals surface area contributed by atoms with Crippen LogP contribution in [0.2, 0.25) is 0 Å². The van der Waals surface area contributed by atoms with E-state index in [-0.39, 0.29) is 18.2 Å². The number of aromatic nitrogens is 3. The van der Waals surface area contributed by atoms with Crippen molar-refractivity contribution in [1.29, 1.82) is 0 Å². The Hall–Kier alpha value is -2.13. The van der Waals surface area contributed by atoms with Crippen LogP contribution in [-0.4, -0.2) is 52.8 Å². The number of urea groups is 1. The van der Waals surface area contributed by atoms with Crippen molar-refractivity contribution in [2.45, 2.75) is 37.8 Å². The zero-order chi connectivity index (χ0) is 18.6. The molecule has 27 heavy (non-hydrogen) atoms. The second kappa shape index (κ2) is 8.26. The Morgan fingerprint density at radius 2 is 2.26 bits per heavy atom. The minimum atomic E-state index is -0.197. The third kappa shape index (κ3) is 4.24. The average Bonchev–Trinajstić information content (AvgIpc) is 3.42. The Bertz CT molecular complexity index is 769. The first kappa shape index (κ1) is 18.2. The minimum absolute atomic E-state index is 0.0628. The summed E-state index contributed by atoms with van der Waals surface area (Å²) in [5, 5.41) is 9.16. The van der Waals surface area contributed by atoms with Crippen LogP contribution < -0.4 is 15.5 Å². The van der Waals surface area contributed by atoms with Gasteiger partial charge in [-0.1, -0.05) is 0 Å². The van der Waals surface area contributed by atoms with Gasteiger partial charge in [-0.05, 0) is 19.3 Å². The predicted molar refractivity (Wildman–Crippen MR) is 104 cm³/mol. The summed E-state index contributed by atoms with van der Waals surface area (Å²) in [5.41, 5.74) is 1.04. The zero-order valence-electron chi connectivity index (χ0n) is 15.6. The van der Waals surface area contributed by atoms with Gasteiger partial charge in [0.1, 0.15) is 11.9 Å². The summed E-state index contributed by atoms with van der Waals surface area (Å²) in [5.74, 6) is 0.842. The predicted octanol–water partition coefficient (Wildman–Crippen LogP) is 1.85. The summed E-state index contributed by atoms with van der Waals surface area (Å²) in [6.07, 6.45) is 7.47. The van der Waals surface area contributed by atoms with Crippen molar-refractivity contribution < 1.29 is 9.53 Å². The summed E-state index contributed by atoms with van der Waals surface area (Å²) in [6.45, 7) is 3.40. The van der Waals surface area contributed by atoms with Gasteiger partial charge in [0.15, 0.2) is 5.13 Å². The number of ether oxygens (including phenoxy) is 1. The molecule has 2 aliphatic rings. The van der Waals surface area contributed by atoms with Crippen LogP contribution >= 0.6 is 11.3 Å². The highest BCUT2D eigenvalue weighted by Gasteiger charge is 2.33. The second-order valence-corrected chi connectivity index (χ2v) is 7.89. The lowest BCUT2D eigenvalue weighted by Crippen LogP contribution is -2.44. The third-order valence-corrected chi connectivity index (χ3v) is 6.05. The molecule has 2 N–H and O–H groups in total. The molecule has 8 nitrogen and oxygen atoms in total. The Morgan fingerprint density at radius 1 is 1.41 bits per heavy atom. The van der Waals surface area contributed by atoms with Crippen LogP contribution in [0.3, 0.4) is 0 Å². The number of hydrogen-bond donors (Lipinski definition) is 2. The Morgan fingerprint density at radius 3 is 3.04 bits per heavy atom. The summed E-state index contributed by atoms with van der Waals surface area (Å²) >= 11 is 1.69. The number of nitrogens with zero attached hydrogens (tertiary/aromatic N) is 4. The van der Waals surface area contributed by atoms with Crippen molar-refractivity contribution in [3.05, 3.63) is 29.3 Å². The number of hydrogen-bond acceptors (Lipinski definition) is 6. The van der Waals surface area contributed by atoms with E-state index >= 15 is 0 Å². The van der Waals surface area contributed by atoms with E-state index in [4.69, 9.17) is 4.74 Å². The van der Waals surface area contributed by atoms with Gasteiger partial charge in [-0.3, -0.25) is 0 Å². The van der Waals surface area contributed by atoms with Crippen molar-refractivity contribution in [1.82, 2.24) is 25.2 Å². The highest BCUT2D eigenvalue weighted by atomic mass is 32.1. The maximum absolute atomic E-state index is 12.3. The number of anilines is 1. The van der Waals surface area contributed by atoms with Gasteiger partial charge in [0.2, 0.25) is 0 Å². The second-order valence-electron chi connectivity index (χ2n) is 7.05. The topological polar surface area (TPSA) is 84.3 Å². The van der Waals surface area contributed by atoms with Crippen LogP contribution in [-0.2, 0) is 18.2 Å². The number of thiazole rings is 1. The van der Waals surface area contributed by atoms with E-state index in [1.165, 1.54) is 12.8 Å². The van der Waals surface area contributed by atoms with Crippen molar-refractivity contribution in [3.63, 3.8) is 0 Å². The molecular weight excluding hydrogens is 364 g/mol. The Balaban J connectivity index is 1.23. The minimum Gasteiger partial charge on any atom is -0.368 e. The molecule has 2 atom stereocenters. The lowest BCUT2D eigenvalue weighted by atomic mass is 10.1. The highest BCUT2D eigenvalue weighted by molar-refractivity contribution is 7.13. The molecule has 9 heteroatoms. The van der Waals surface area contributed by atoms with Crippen LogP contribution in [0.5, 0.6) is 0 Å². The molecule has 146 valence electrons. The first-order valence-electron chi connectivity index (χ1n) is 9.53. The SMILES string of the molecule is Cn1ccnc1[C@@H]1OCC[C@H]1NC(=O)NCCc1csc(N2CCCC2)n1. The van der Waals surface area contributed by atoms with Crippen LogP contribution in [0.1, 0.15) is 36.9 Å². The third-order valence-electron chi connectivity index (χ3n) is 5.10. The largest absolute Gasteiger partial charge is 0.368 e. The van der Waals surface area contributed by atoms with E-state index in [2.05, 4.69) is 30.9 Å². The molecule has 2 fully saturated rings. The summed E-state index contributed by atoms with van der Waals surface area (Å²) < 4.78 is 7.71. The van der Waals surface area contributed by atoms with E-state index in [9.17, 15) is 4.79 Å². The number of rotatable bonds is 6. The van der Waals surface area contributed by atoms with Crippen molar-refractivity contribution in [2.75, 3.05) is 31.1 Å². The average molecular weight is 391 g/mol. The monoisotopic (exact) mass is 390 g/mol. The molecule has 0 unspecified atom stereocenters. The normalized spacial score (nSPS) is 22.3. The zero-order valence-corrected chi connectivity index (χ0v) is 16.4. The Labute approximate surface area is 162 Å². The lowest BCUT2D eigenvalue weighted by Gasteiger charge is -2.19. The standard InChI is InChI=1S/C18H26N6O2S/c1-23-10-7-19-16(23)15-14(5-11-26-15)22-17(25)20-6-4-13-12-27-18(21-13)24-8-2-3-9-24/h7,10,12,14-15H,2-6,8-9,11H2,1H3,(H2,20,22,25)/t14-,15-/m1/s1. The quantitative estimate of drug-likeness (QED) is 0.786. The highest BCUT2D eigenvalue weighted by Crippen LogP contribution is 2.27. The fourth-order valence-corrected chi connectivity index (χ4v) is 4.55. The summed E-state index contributed by atoms with van der Waals surface area (Å²) in [7, 11) is 1.94. The molecule has 0 spiro atoms. The smallest absolute Gasteiger partial charge is 0.315 e. The van der Waals surface area contributed by atoms with Gasteiger partial charge >= 0.3 is 6.03 Å². The molecule has 0 aliphatic carbocycles. The molecule has 0 aromatic carbocycles. The van der Waals surface area contributed by atoms with E-state index < -0.39 is 0 Å². The first-order valence-corrected chi connectivity index (χ1v) is 10.4. The molecule has 2 aromatic heterocycles. The number of aryl methyl sites for hydroxylation is 1.